The van der Waals surface area contributed by atoms with Crippen LogP contribution in [0.3, 0.4) is 0 Å². The molecule has 0 saturated carbocycles. The van der Waals surface area contributed by atoms with Crippen molar-refractivity contribution in [2.75, 3.05) is 6.54 Å². The lowest BCUT2D eigenvalue weighted by Crippen LogP contribution is -1.93. The van der Waals surface area contributed by atoms with Crippen LogP contribution in [0.5, 0.6) is 0 Å². The summed E-state index contributed by atoms with van der Waals surface area (Å²) in [6.07, 6.45) is 3.52. The lowest BCUT2D eigenvalue weighted by molar-refractivity contribution is -0.385. The van der Waals surface area contributed by atoms with E-state index in [0.717, 1.165) is 0 Å². The molecule has 17 heavy (non-hydrogen) atoms. The molecule has 0 atom stereocenters. The molecule has 0 amide bonds. The highest BCUT2D eigenvalue weighted by molar-refractivity contribution is 5.78. The topological polar surface area (TPSA) is 109 Å². The van der Waals surface area contributed by atoms with E-state index in [1.54, 1.807) is 0 Å². The molecule has 0 aliphatic carbocycles. The Labute approximate surface area is 96.1 Å². The van der Waals surface area contributed by atoms with Crippen molar-refractivity contribution in [1.82, 2.24) is 0 Å². The second-order valence-electron chi connectivity index (χ2n) is 3.01. The molecule has 0 aromatic heterocycles. The minimum absolute atomic E-state index is 0.114. The van der Waals surface area contributed by atoms with Gasteiger partial charge in [0.1, 0.15) is 6.29 Å². The number of nitro benzene ring substituents is 1. The summed E-state index contributed by atoms with van der Waals surface area (Å²) in [4.78, 5) is 23.2. The molecule has 0 heterocycles. The second kappa shape index (κ2) is 6.04. The predicted octanol–water partition coefficient (Wildman–Crippen LogP) is 2.73. The number of azide groups is 1. The maximum absolute atomic E-state index is 10.8. The lowest BCUT2D eigenvalue weighted by atomic mass is 10.1. The van der Waals surface area contributed by atoms with Crippen molar-refractivity contribution in [3.63, 3.8) is 0 Å². The molecule has 1 aromatic carbocycles. The Balaban J connectivity index is 3.06. The van der Waals surface area contributed by atoms with Crippen LogP contribution in [0.15, 0.2) is 29.4 Å². The molecule has 0 unspecified atom stereocenters. The normalized spacial score (nSPS) is 9.88. The highest BCUT2D eigenvalue weighted by Gasteiger charge is 2.11. The van der Waals surface area contributed by atoms with Crippen LogP contribution in [0.25, 0.3) is 16.5 Å². The fourth-order valence-corrected chi connectivity index (χ4v) is 1.20. The number of nitro groups is 1. The fourth-order valence-electron chi connectivity index (χ4n) is 1.20. The summed E-state index contributed by atoms with van der Waals surface area (Å²) in [5, 5.41) is 14.0. The van der Waals surface area contributed by atoms with Crippen LogP contribution in [-0.4, -0.2) is 17.8 Å². The Morgan fingerprint density at radius 1 is 1.53 bits per heavy atom. The van der Waals surface area contributed by atoms with Crippen molar-refractivity contribution in [2.24, 2.45) is 5.11 Å². The van der Waals surface area contributed by atoms with Crippen molar-refractivity contribution < 1.29 is 9.72 Å². The van der Waals surface area contributed by atoms with Gasteiger partial charge in [-0.2, -0.15) is 0 Å². The Hall–Kier alpha value is -2.66. The summed E-state index contributed by atoms with van der Waals surface area (Å²) >= 11 is 0. The minimum Gasteiger partial charge on any atom is -0.298 e. The Morgan fingerprint density at radius 3 is 2.88 bits per heavy atom. The molecule has 0 N–H and O–H groups in total. The molecule has 0 fully saturated rings. The first-order valence-corrected chi connectivity index (χ1v) is 4.60. The third-order valence-electron chi connectivity index (χ3n) is 1.93. The number of carbonyl (C=O) groups excluding carboxylic acids is 1. The van der Waals surface area contributed by atoms with Crippen LogP contribution in [-0.2, 0) is 0 Å². The van der Waals surface area contributed by atoms with E-state index < -0.39 is 4.92 Å². The van der Waals surface area contributed by atoms with Crippen molar-refractivity contribution in [2.45, 2.75) is 0 Å². The van der Waals surface area contributed by atoms with Crippen LogP contribution in [0, 0.1) is 10.1 Å². The van der Waals surface area contributed by atoms with Crippen LogP contribution in [0.1, 0.15) is 15.9 Å². The van der Waals surface area contributed by atoms with Gasteiger partial charge in [-0.15, -0.1) is 0 Å². The van der Waals surface area contributed by atoms with Gasteiger partial charge >= 0.3 is 0 Å². The SMILES string of the molecule is [N-]=[N+]=NCC=Cc1ccc(C=O)cc1[N+](=O)[O-]. The van der Waals surface area contributed by atoms with E-state index in [-0.39, 0.29) is 17.8 Å². The smallest absolute Gasteiger partial charge is 0.277 e. The maximum Gasteiger partial charge on any atom is 0.277 e. The number of nitrogens with zero attached hydrogens (tertiary/aromatic N) is 4. The molecule has 0 saturated heterocycles. The minimum atomic E-state index is -0.569. The zero-order valence-corrected chi connectivity index (χ0v) is 8.68. The number of aldehydes is 1. The first-order valence-electron chi connectivity index (χ1n) is 4.60. The van der Waals surface area contributed by atoms with E-state index in [9.17, 15) is 14.9 Å². The van der Waals surface area contributed by atoms with Gasteiger partial charge in [-0.05, 0) is 11.6 Å². The van der Waals surface area contributed by atoms with Gasteiger partial charge in [0.25, 0.3) is 5.69 Å². The van der Waals surface area contributed by atoms with Crippen molar-refractivity contribution in [3.05, 3.63) is 56.0 Å². The molecule has 0 aliphatic heterocycles. The van der Waals surface area contributed by atoms with E-state index in [0.29, 0.717) is 11.8 Å². The van der Waals surface area contributed by atoms with Gasteiger partial charge in [-0.25, -0.2) is 0 Å². The van der Waals surface area contributed by atoms with Crippen molar-refractivity contribution in [3.8, 4) is 0 Å². The predicted molar refractivity (Wildman–Crippen MR) is 61.5 cm³/mol. The largest absolute Gasteiger partial charge is 0.298 e. The third-order valence-corrected chi connectivity index (χ3v) is 1.93. The molecular formula is C10H8N4O3. The Morgan fingerprint density at radius 2 is 2.29 bits per heavy atom. The van der Waals surface area contributed by atoms with Gasteiger partial charge in [-0.1, -0.05) is 23.3 Å². The zero-order chi connectivity index (χ0) is 12.7. The number of hydrogen-bond acceptors (Lipinski definition) is 4. The highest BCUT2D eigenvalue weighted by Crippen LogP contribution is 2.21. The van der Waals surface area contributed by atoms with Gasteiger partial charge in [0, 0.05) is 23.1 Å². The average Bonchev–Trinajstić information content (AvgIpc) is 2.34. The zero-order valence-electron chi connectivity index (χ0n) is 8.68. The van der Waals surface area contributed by atoms with Crippen LogP contribution >= 0.6 is 0 Å². The molecule has 0 radical (unpaired) electrons. The van der Waals surface area contributed by atoms with Crippen LogP contribution in [0.2, 0.25) is 0 Å². The number of hydrogen-bond donors (Lipinski definition) is 0. The molecule has 1 aromatic rings. The van der Waals surface area contributed by atoms with E-state index in [1.165, 1.54) is 30.4 Å². The van der Waals surface area contributed by atoms with E-state index in [2.05, 4.69) is 10.0 Å². The van der Waals surface area contributed by atoms with Crippen LogP contribution in [0.4, 0.5) is 5.69 Å². The maximum atomic E-state index is 10.8. The fraction of sp³-hybridized carbons (Fsp3) is 0.100. The van der Waals surface area contributed by atoms with Gasteiger partial charge in [0.15, 0.2) is 0 Å². The molecule has 1 rings (SSSR count). The van der Waals surface area contributed by atoms with E-state index in [1.807, 2.05) is 0 Å². The van der Waals surface area contributed by atoms with Gasteiger partial charge in [-0.3, -0.25) is 14.9 Å². The Kier molecular flexibility index (Phi) is 4.41. The number of carbonyl (C=O) groups is 1. The van der Waals surface area contributed by atoms with Crippen molar-refractivity contribution in [1.29, 1.82) is 0 Å². The van der Waals surface area contributed by atoms with E-state index >= 15 is 0 Å². The summed E-state index contributed by atoms with van der Waals surface area (Å²) in [5.74, 6) is 0. The standard InChI is InChI=1S/C10H8N4O3/c11-13-12-5-1-2-9-4-3-8(7-15)6-10(9)14(16)17/h1-4,6-7H,5H2. The van der Waals surface area contributed by atoms with E-state index in [4.69, 9.17) is 5.53 Å². The summed E-state index contributed by atoms with van der Waals surface area (Å²) in [7, 11) is 0. The summed E-state index contributed by atoms with van der Waals surface area (Å²) in [6.45, 7) is 0.114. The first-order chi connectivity index (χ1) is 8.19. The molecule has 86 valence electrons. The summed E-state index contributed by atoms with van der Waals surface area (Å²) in [5.41, 5.74) is 8.49. The van der Waals surface area contributed by atoms with Gasteiger partial charge in [0.05, 0.1) is 10.5 Å². The molecule has 7 nitrogen and oxygen atoms in total. The monoisotopic (exact) mass is 232 g/mol. The molecule has 7 heteroatoms. The number of rotatable bonds is 5. The molecule has 0 bridgehead atoms. The molecule has 0 spiro atoms. The van der Waals surface area contributed by atoms with Crippen LogP contribution < -0.4 is 0 Å². The second-order valence-corrected chi connectivity index (χ2v) is 3.01. The van der Waals surface area contributed by atoms with Crippen molar-refractivity contribution >= 4 is 18.0 Å². The third kappa shape index (κ3) is 3.44. The summed E-state index contributed by atoms with van der Waals surface area (Å²) < 4.78 is 0. The summed E-state index contributed by atoms with van der Waals surface area (Å²) in [6, 6.07) is 4.14. The van der Waals surface area contributed by atoms with Gasteiger partial charge in [0.2, 0.25) is 0 Å². The highest BCUT2D eigenvalue weighted by atomic mass is 16.6. The quantitative estimate of drug-likeness (QED) is 0.194. The van der Waals surface area contributed by atoms with Gasteiger partial charge < -0.3 is 0 Å². The average molecular weight is 232 g/mol. The Bertz CT molecular complexity index is 518. The molecule has 0 aliphatic rings. The first kappa shape index (κ1) is 12.4. The lowest BCUT2D eigenvalue weighted by Gasteiger charge is -1.98. The number of benzene rings is 1. The molecular weight excluding hydrogens is 224 g/mol.